The molecule has 1 fully saturated rings. The minimum absolute atomic E-state index is 0.0815. The van der Waals surface area contributed by atoms with E-state index in [1.54, 1.807) is 18.2 Å². The van der Waals surface area contributed by atoms with E-state index in [0.717, 1.165) is 12.0 Å². The van der Waals surface area contributed by atoms with Crippen molar-refractivity contribution in [2.24, 2.45) is 11.8 Å². The summed E-state index contributed by atoms with van der Waals surface area (Å²) in [7, 11) is 0. The third kappa shape index (κ3) is 4.66. The van der Waals surface area contributed by atoms with Gasteiger partial charge in [0.25, 0.3) is 0 Å². The predicted molar refractivity (Wildman–Crippen MR) is 93.0 cm³/mol. The Bertz CT molecular complexity index is 748. The summed E-state index contributed by atoms with van der Waals surface area (Å²) >= 11 is 0. The van der Waals surface area contributed by atoms with Crippen LogP contribution >= 0.6 is 0 Å². The van der Waals surface area contributed by atoms with E-state index in [1.165, 1.54) is 6.07 Å². The molecule has 0 spiro atoms. The first-order valence-electron chi connectivity index (χ1n) is 8.48. The lowest BCUT2D eigenvalue weighted by Gasteiger charge is -2.07. The van der Waals surface area contributed by atoms with Crippen LogP contribution in [-0.4, -0.2) is 18.4 Å². The van der Waals surface area contributed by atoms with Crippen LogP contribution in [0, 0.1) is 17.7 Å². The second-order valence-corrected chi connectivity index (χ2v) is 6.28. The van der Waals surface area contributed by atoms with Gasteiger partial charge in [0.1, 0.15) is 5.82 Å². The molecule has 2 aromatic rings. The number of carbonyl (C=O) groups excluding carboxylic acids is 2. The van der Waals surface area contributed by atoms with Crippen LogP contribution in [0.5, 0.6) is 0 Å². The highest BCUT2D eigenvalue weighted by Gasteiger charge is 2.47. The zero-order valence-electron chi connectivity index (χ0n) is 13.9. The van der Waals surface area contributed by atoms with Crippen molar-refractivity contribution in [2.75, 3.05) is 6.54 Å². The van der Waals surface area contributed by atoms with E-state index in [2.05, 4.69) is 10.6 Å². The molecule has 1 saturated carbocycles. The van der Waals surface area contributed by atoms with Gasteiger partial charge in [-0.2, -0.15) is 0 Å². The Balaban J connectivity index is 1.38. The van der Waals surface area contributed by atoms with Crippen molar-refractivity contribution in [1.82, 2.24) is 10.6 Å². The van der Waals surface area contributed by atoms with Crippen LogP contribution in [0.1, 0.15) is 17.5 Å². The Labute approximate surface area is 146 Å². The van der Waals surface area contributed by atoms with Gasteiger partial charge in [-0.3, -0.25) is 9.59 Å². The van der Waals surface area contributed by atoms with E-state index in [4.69, 9.17) is 0 Å². The molecular weight excluding hydrogens is 319 g/mol. The zero-order valence-corrected chi connectivity index (χ0v) is 13.9. The summed E-state index contributed by atoms with van der Waals surface area (Å²) in [5.41, 5.74) is 1.61. The Kier molecular flexibility index (Phi) is 5.43. The summed E-state index contributed by atoms with van der Waals surface area (Å²) in [5, 5.41) is 5.59. The summed E-state index contributed by atoms with van der Waals surface area (Å²) in [6.07, 6.45) is 1.32. The maximum absolute atomic E-state index is 13.5. The molecule has 0 aliphatic heterocycles. The van der Waals surface area contributed by atoms with Gasteiger partial charge in [0, 0.05) is 18.7 Å². The highest BCUT2D eigenvalue weighted by atomic mass is 19.1. The molecule has 2 unspecified atom stereocenters. The molecule has 1 aliphatic rings. The second-order valence-electron chi connectivity index (χ2n) is 6.28. The van der Waals surface area contributed by atoms with E-state index in [9.17, 15) is 14.0 Å². The molecule has 2 atom stereocenters. The maximum Gasteiger partial charge on any atom is 0.224 e. The number of hydrogen-bond acceptors (Lipinski definition) is 2. The SMILES string of the molecule is O=C(NCCc1ccccc1)C1CC1C(=O)NCc1ccccc1F. The summed E-state index contributed by atoms with van der Waals surface area (Å²) in [4.78, 5) is 24.2. The first kappa shape index (κ1) is 17.1. The summed E-state index contributed by atoms with van der Waals surface area (Å²) < 4.78 is 13.5. The van der Waals surface area contributed by atoms with Crippen molar-refractivity contribution in [2.45, 2.75) is 19.4 Å². The average Bonchev–Trinajstić information content (AvgIpc) is 3.43. The van der Waals surface area contributed by atoms with Crippen LogP contribution < -0.4 is 10.6 Å². The highest BCUT2D eigenvalue weighted by Crippen LogP contribution is 2.38. The minimum Gasteiger partial charge on any atom is -0.356 e. The fourth-order valence-electron chi connectivity index (χ4n) is 2.84. The van der Waals surface area contributed by atoms with Gasteiger partial charge >= 0.3 is 0 Å². The molecule has 25 heavy (non-hydrogen) atoms. The second kappa shape index (κ2) is 7.92. The van der Waals surface area contributed by atoms with Gasteiger partial charge < -0.3 is 10.6 Å². The van der Waals surface area contributed by atoms with Gasteiger partial charge in [-0.1, -0.05) is 48.5 Å². The Morgan fingerprint density at radius 1 is 0.920 bits per heavy atom. The molecule has 0 aromatic heterocycles. The third-order valence-electron chi connectivity index (χ3n) is 4.43. The van der Waals surface area contributed by atoms with Crippen LogP contribution in [0.25, 0.3) is 0 Å². The zero-order chi connectivity index (χ0) is 17.6. The topological polar surface area (TPSA) is 58.2 Å². The smallest absolute Gasteiger partial charge is 0.224 e. The fraction of sp³-hybridized carbons (Fsp3) is 0.300. The van der Waals surface area contributed by atoms with E-state index >= 15 is 0 Å². The van der Waals surface area contributed by atoms with Crippen molar-refractivity contribution in [3.8, 4) is 0 Å². The molecule has 2 N–H and O–H groups in total. The lowest BCUT2D eigenvalue weighted by molar-refractivity contribution is -0.127. The Morgan fingerprint density at radius 2 is 1.56 bits per heavy atom. The first-order valence-corrected chi connectivity index (χ1v) is 8.48. The Morgan fingerprint density at radius 3 is 2.28 bits per heavy atom. The normalized spacial score (nSPS) is 18.4. The Hall–Kier alpha value is -2.69. The van der Waals surface area contributed by atoms with Gasteiger partial charge in [0.15, 0.2) is 0 Å². The van der Waals surface area contributed by atoms with Crippen LogP contribution in [0.4, 0.5) is 4.39 Å². The van der Waals surface area contributed by atoms with Crippen molar-refractivity contribution < 1.29 is 14.0 Å². The molecule has 0 heterocycles. The minimum atomic E-state index is -0.339. The molecule has 0 saturated heterocycles. The van der Waals surface area contributed by atoms with E-state index in [-0.39, 0.29) is 36.0 Å². The lowest BCUT2D eigenvalue weighted by atomic mass is 10.1. The van der Waals surface area contributed by atoms with Crippen molar-refractivity contribution in [3.05, 3.63) is 71.5 Å². The number of halogens is 1. The van der Waals surface area contributed by atoms with Crippen LogP contribution in [-0.2, 0) is 22.6 Å². The fourth-order valence-corrected chi connectivity index (χ4v) is 2.84. The molecule has 3 rings (SSSR count). The molecule has 2 amide bonds. The number of nitrogens with one attached hydrogen (secondary N) is 2. The molecule has 4 nitrogen and oxygen atoms in total. The van der Waals surface area contributed by atoms with Gasteiger partial charge in [0.2, 0.25) is 11.8 Å². The van der Waals surface area contributed by atoms with E-state index in [0.29, 0.717) is 18.5 Å². The van der Waals surface area contributed by atoms with Crippen LogP contribution in [0.15, 0.2) is 54.6 Å². The van der Waals surface area contributed by atoms with Gasteiger partial charge in [-0.05, 0) is 24.5 Å². The number of rotatable bonds is 7. The molecule has 5 heteroatoms. The molecular formula is C20H21FN2O2. The molecule has 130 valence electrons. The lowest BCUT2D eigenvalue weighted by Crippen LogP contribution is -2.31. The van der Waals surface area contributed by atoms with Crippen molar-refractivity contribution >= 4 is 11.8 Å². The molecule has 0 bridgehead atoms. The summed E-state index contributed by atoms with van der Waals surface area (Å²) in [5.74, 6) is -1.18. The highest BCUT2D eigenvalue weighted by molar-refractivity contribution is 5.92. The van der Waals surface area contributed by atoms with E-state index < -0.39 is 0 Å². The number of amides is 2. The van der Waals surface area contributed by atoms with Crippen LogP contribution in [0.3, 0.4) is 0 Å². The van der Waals surface area contributed by atoms with Gasteiger partial charge in [-0.25, -0.2) is 4.39 Å². The van der Waals surface area contributed by atoms with Gasteiger partial charge in [0.05, 0.1) is 11.8 Å². The number of benzene rings is 2. The third-order valence-corrected chi connectivity index (χ3v) is 4.43. The van der Waals surface area contributed by atoms with Crippen LogP contribution in [0.2, 0.25) is 0 Å². The monoisotopic (exact) mass is 340 g/mol. The van der Waals surface area contributed by atoms with Gasteiger partial charge in [-0.15, -0.1) is 0 Å². The number of carbonyl (C=O) groups is 2. The molecule has 1 aliphatic carbocycles. The summed E-state index contributed by atoms with van der Waals surface area (Å²) in [6.45, 7) is 0.702. The molecule has 2 aromatic carbocycles. The standard InChI is InChI=1S/C20H21FN2O2/c21-18-9-5-4-8-15(18)13-23-20(25)17-12-16(17)19(24)22-11-10-14-6-2-1-3-7-14/h1-9,16-17H,10-13H2,(H,22,24)(H,23,25). The average molecular weight is 340 g/mol. The predicted octanol–water partition coefficient (Wildman–Crippen LogP) is 2.44. The van der Waals surface area contributed by atoms with E-state index in [1.807, 2.05) is 30.3 Å². The largest absolute Gasteiger partial charge is 0.356 e. The number of hydrogen-bond donors (Lipinski definition) is 2. The molecule has 0 radical (unpaired) electrons. The summed E-state index contributed by atoms with van der Waals surface area (Å²) in [6, 6.07) is 16.3. The van der Waals surface area contributed by atoms with Crippen molar-refractivity contribution in [1.29, 1.82) is 0 Å². The first-order chi connectivity index (χ1) is 12.1. The van der Waals surface area contributed by atoms with Crippen molar-refractivity contribution in [3.63, 3.8) is 0 Å². The maximum atomic E-state index is 13.5. The quantitative estimate of drug-likeness (QED) is 0.813.